The molecule has 0 aromatic carbocycles. The highest BCUT2D eigenvalue weighted by atomic mass is 14.9. The quantitative estimate of drug-likeness (QED) is 0.440. The number of hydrogen-bond acceptors (Lipinski definition) is 0. The molecule has 1 aliphatic carbocycles. The fourth-order valence-corrected chi connectivity index (χ4v) is 1.61. The Balaban J connectivity index is 2.03. The van der Waals surface area contributed by atoms with Gasteiger partial charge in [-0.15, -0.1) is 0 Å². The largest absolute Gasteiger partial charge is 0.238 e. The van der Waals surface area contributed by atoms with Crippen LogP contribution in [0.2, 0.25) is 0 Å². The predicted octanol–water partition coefficient (Wildman–Crippen LogP) is 0.977. The van der Waals surface area contributed by atoms with E-state index < -0.39 is 0 Å². The number of piperidine rings is 2. The van der Waals surface area contributed by atoms with Gasteiger partial charge in [-0.25, -0.2) is 5.32 Å². The van der Waals surface area contributed by atoms with Crippen LogP contribution in [0.4, 0.5) is 0 Å². The first kappa shape index (κ1) is 4.80. The highest BCUT2D eigenvalue weighted by Crippen LogP contribution is 2.28. The van der Waals surface area contributed by atoms with E-state index >= 15 is 0 Å². The summed E-state index contributed by atoms with van der Waals surface area (Å²) in [7, 11) is 0. The lowest BCUT2D eigenvalue weighted by molar-refractivity contribution is 0.267. The molecule has 0 amide bonds. The second-order valence-electron chi connectivity index (χ2n) is 2.83. The molecule has 2 unspecified atom stereocenters. The van der Waals surface area contributed by atoms with Gasteiger partial charge in [0.2, 0.25) is 0 Å². The Bertz CT molecular complexity index is 59.4. The van der Waals surface area contributed by atoms with Crippen LogP contribution in [0.15, 0.2) is 0 Å². The Hall–Kier alpha value is -0.0400. The molecule has 2 bridgehead atoms. The van der Waals surface area contributed by atoms with E-state index in [9.17, 15) is 0 Å². The minimum absolute atomic E-state index is 0.722. The van der Waals surface area contributed by atoms with E-state index in [1.165, 1.54) is 19.3 Å². The molecule has 0 aromatic heterocycles. The van der Waals surface area contributed by atoms with Crippen molar-refractivity contribution in [2.24, 2.45) is 5.92 Å². The SMILES string of the molecule is [CH]1CC2CCC1C[N]2. The molecule has 1 heteroatoms. The molecule has 3 aliphatic rings. The number of hydrogen-bond donors (Lipinski definition) is 0. The molecule has 0 N–H and O–H groups in total. The first-order valence-electron chi connectivity index (χ1n) is 3.45. The van der Waals surface area contributed by atoms with Crippen molar-refractivity contribution in [3.63, 3.8) is 0 Å². The fourth-order valence-electron chi connectivity index (χ4n) is 1.61. The van der Waals surface area contributed by atoms with Gasteiger partial charge in [0.25, 0.3) is 0 Å². The Morgan fingerprint density at radius 3 is 2.50 bits per heavy atom. The van der Waals surface area contributed by atoms with Crippen molar-refractivity contribution in [2.75, 3.05) is 6.54 Å². The molecule has 2 heterocycles. The number of rotatable bonds is 0. The molecule has 2 saturated heterocycles. The predicted molar refractivity (Wildman–Crippen MR) is 32.4 cm³/mol. The van der Waals surface area contributed by atoms with Gasteiger partial charge < -0.3 is 0 Å². The van der Waals surface area contributed by atoms with Crippen LogP contribution in [0.25, 0.3) is 0 Å². The van der Waals surface area contributed by atoms with Crippen LogP contribution in [0.3, 0.4) is 0 Å². The van der Waals surface area contributed by atoms with Crippen molar-refractivity contribution < 1.29 is 0 Å². The normalized spacial score (nSPS) is 45.0. The van der Waals surface area contributed by atoms with Crippen molar-refractivity contribution in [3.8, 4) is 0 Å². The van der Waals surface area contributed by atoms with Gasteiger partial charge in [0.15, 0.2) is 0 Å². The first-order valence-corrected chi connectivity index (χ1v) is 3.45. The molecule has 3 fully saturated rings. The summed E-state index contributed by atoms with van der Waals surface area (Å²) in [6.45, 7) is 1.13. The van der Waals surface area contributed by atoms with Gasteiger partial charge in [0.05, 0.1) is 0 Å². The minimum Gasteiger partial charge on any atom is -0.238 e. The van der Waals surface area contributed by atoms with Gasteiger partial charge in [0, 0.05) is 12.6 Å². The summed E-state index contributed by atoms with van der Waals surface area (Å²) in [5, 5.41) is 4.47. The average molecular weight is 109 g/mol. The zero-order valence-corrected chi connectivity index (χ0v) is 5.01. The van der Waals surface area contributed by atoms with Gasteiger partial charge in [-0.05, 0) is 31.6 Å². The highest BCUT2D eigenvalue weighted by molar-refractivity contribution is 4.94. The Morgan fingerprint density at radius 2 is 2.38 bits per heavy atom. The maximum atomic E-state index is 4.47. The van der Waals surface area contributed by atoms with Crippen molar-refractivity contribution in [3.05, 3.63) is 6.42 Å². The second kappa shape index (κ2) is 1.73. The molecular weight excluding hydrogens is 98.1 g/mol. The third kappa shape index (κ3) is 0.655. The summed E-state index contributed by atoms with van der Waals surface area (Å²) in [6, 6.07) is 0.722. The van der Waals surface area contributed by atoms with E-state index in [1.54, 1.807) is 0 Å². The van der Waals surface area contributed by atoms with Gasteiger partial charge in [0.1, 0.15) is 0 Å². The van der Waals surface area contributed by atoms with E-state index in [0.717, 1.165) is 18.5 Å². The Labute approximate surface area is 50.5 Å². The standard InChI is InChI=1S/C7H11N/c1-3-7-4-2-6(1)5-8-7/h1,6-7H,2-5H2. The smallest absolute Gasteiger partial charge is 0.0249 e. The number of nitrogens with zero attached hydrogens (tertiary/aromatic N) is 1. The molecule has 3 rings (SSSR count). The zero-order chi connectivity index (χ0) is 5.40. The van der Waals surface area contributed by atoms with Crippen molar-refractivity contribution in [1.29, 1.82) is 0 Å². The average Bonchev–Trinajstić information content (AvgIpc) is 1.92. The molecule has 2 radical (unpaired) electrons. The molecule has 1 nitrogen and oxygen atoms in total. The lowest BCUT2D eigenvalue weighted by Gasteiger charge is -2.34. The molecule has 44 valence electrons. The third-order valence-corrected chi connectivity index (χ3v) is 2.21. The summed E-state index contributed by atoms with van der Waals surface area (Å²) in [4.78, 5) is 0. The topological polar surface area (TPSA) is 14.1 Å². The van der Waals surface area contributed by atoms with E-state index in [4.69, 9.17) is 0 Å². The van der Waals surface area contributed by atoms with E-state index in [-0.39, 0.29) is 0 Å². The highest BCUT2D eigenvalue weighted by Gasteiger charge is 2.27. The Kier molecular flexibility index (Phi) is 1.04. The lowest BCUT2D eigenvalue weighted by Crippen LogP contribution is -2.39. The van der Waals surface area contributed by atoms with Crippen molar-refractivity contribution in [2.45, 2.75) is 25.3 Å². The van der Waals surface area contributed by atoms with E-state index in [1.807, 2.05) is 0 Å². The fraction of sp³-hybridized carbons (Fsp3) is 0.857. The summed E-state index contributed by atoms with van der Waals surface area (Å²) in [6.07, 6.45) is 6.49. The zero-order valence-electron chi connectivity index (χ0n) is 5.01. The second-order valence-corrected chi connectivity index (χ2v) is 2.83. The van der Waals surface area contributed by atoms with Crippen LogP contribution in [0, 0.1) is 12.3 Å². The van der Waals surface area contributed by atoms with Gasteiger partial charge in [-0.3, -0.25) is 0 Å². The van der Waals surface area contributed by atoms with Gasteiger partial charge in [-0.2, -0.15) is 0 Å². The van der Waals surface area contributed by atoms with E-state index in [0.29, 0.717) is 0 Å². The van der Waals surface area contributed by atoms with E-state index in [2.05, 4.69) is 11.7 Å². The van der Waals surface area contributed by atoms with Crippen molar-refractivity contribution in [1.82, 2.24) is 5.32 Å². The summed E-state index contributed by atoms with van der Waals surface area (Å²) in [5.41, 5.74) is 0. The van der Waals surface area contributed by atoms with Crippen LogP contribution < -0.4 is 5.32 Å². The molecule has 2 aliphatic heterocycles. The summed E-state index contributed by atoms with van der Waals surface area (Å²) >= 11 is 0. The van der Waals surface area contributed by atoms with Crippen LogP contribution in [-0.4, -0.2) is 12.6 Å². The van der Waals surface area contributed by atoms with Crippen LogP contribution in [0.1, 0.15) is 19.3 Å². The lowest BCUT2D eigenvalue weighted by atomic mass is 9.82. The summed E-state index contributed by atoms with van der Waals surface area (Å²) < 4.78 is 0. The molecule has 0 spiro atoms. The van der Waals surface area contributed by atoms with Crippen LogP contribution in [0.5, 0.6) is 0 Å². The number of fused-ring (bicyclic) bond motifs is 3. The monoisotopic (exact) mass is 109 g/mol. The maximum Gasteiger partial charge on any atom is 0.0249 e. The molecule has 8 heavy (non-hydrogen) atoms. The first-order chi connectivity index (χ1) is 3.95. The van der Waals surface area contributed by atoms with Gasteiger partial charge in [-0.1, -0.05) is 0 Å². The van der Waals surface area contributed by atoms with Crippen LogP contribution >= 0.6 is 0 Å². The Morgan fingerprint density at radius 1 is 1.38 bits per heavy atom. The van der Waals surface area contributed by atoms with Crippen LogP contribution in [-0.2, 0) is 0 Å². The van der Waals surface area contributed by atoms with Crippen molar-refractivity contribution >= 4 is 0 Å². The third-order valence-electron chi connectivity index (χ3n) is 2.21. The molecule has 1 saturated carbocycles. The minimum atomic E-state index is 0.722. The summed E-state index contributed by atoms with van der Waals surface area (Å²) in [5.74, 6) is 0.861. The molecule has 0 aromatic rings. The molecule has 2 atom stereocenters. The maximum absolute atomic E-state index is 4.47. The van der Waals surface area contributed by atoms with Gasteiger partial charge >= 0.3 is 0 Å². The molecular formula is C7H11N.